The van der Waals surface area contributed by atoms with E-state index in [1.54, 1.807) is 18.2 Å². The Hall–Kier alpha value is -1.84. The van der Waals surface area contributed by atoms with Crippen LogP contribution in [-0.2, 0) is 0 Å². The van der Waals surface area contributed by atoms with E-state index in [2.05, 4.69) is 4.98 Å². The predicted octanol–water partition coefficient (Wildman–Crippen LogP) is 2.04. The molecule has 0 bridgehead atoms. The zero-order chi connectivity index (χ0) is 10.1. The molecule has 0 radical (unpaired) electrons. The Bertz CT molecular complexity index is 487. The van der Waals surface area contributed by atoms with Crippen molar-refractivity contribution in [1.29, 1.82) is 0 Å². The molecule has 72 valence electrons. The first-order chi connectivity index (χ1) is 6.72. The van der Waals surface area contributed by atoms with E-state index < -0.39 is 0 Å². The Balaban J connectivity index is 2.73. The molecule has 1 heterocycles. The van der Waals surface area contributed by atoms with Gasteiger partial charge < -0.3 is 9.15 Å². The van der Waals surface area contributed by atoms with Gasteiger partial charge in [0.1, 0.15) is 5.52 Å². The average Bonchev–Trinajstić information content (AvgIpc) is 2.59. The second kappa shape index (κ2) is 3.14. The van der Waals surface area contributed by atoms with Crippen molar-refractivity contribution in [2.24, 2.45) is 0 Å². The van der Waals surface area contributed by atoms with Gasteiger partial charge in [0.2, 0.25) is 0 Å². The Morgan fingerprint density at radius 1 is 1.50 bits per heavy atom. The van der Waals surface area contributed by atoms with Crippen LogP contribution in [0.2, 0.25) is 0 Å². The van der Waals surface area contributed by atoms with Crippen molar-refractivity contribution in [3.63, 3.8) is 0 Å². The fraction of sp³-hybridized carbons (Fsp3) is 0.200. The molecule has 0 saturated heterocycles. The first-order valence-corrected chi connectivity index (χ1v) is 4.17. The van der Waals surface area contributed by atoms with Gasteiger partial charge in [-0.25, -0.2) is 0 Å². The van der Waals surface area contributed by atoms with Crippen molar-refractivity contribution in [2.75, 3.05) is 7.11 Å². The van der Waals surface area contributed by atoms with Gasteiger partial charge in [-0.1, -0.05) is 6.07 Å². The zero-order valence-electron chi connectivity index (χ0n) is 7.90. The van der Waals surface area contributed by atoms with Gasteiger partial charge >= 0.3 is 6.08 Å². The van der Waals surface area contributed by atoms with E-state index in [9.17, 15) is 4.79 Å². The first-order valence-electron chi connectivity index (χ1n) is 4.17. The maximum Gasteiger partial charge on any atom is 0.394 e. The third kappa shape index (κ3) is 1.25. The van der Waals surface area contributed by atoms with Crippen LogP contribution in [0.3, 0.4) is 0 Å². The van der Waals surface area contributed by atoms with Gasteiger partial charge in [0, 0.05) is 0 Å². The molecule has 0 saturated carbocycles. The zero-order valence-corrected chi connectivity index (χ0v) is 7.90. The second-order valence-electron chi connectivity index (χ2n) is 2.89. The summed E-state index contributed by atoms with van der Waals surface area (Å²) in [7, 11) is 1.47. The van der Waals surface area contributed by atoms with Gasteiger partial charge in [0.05, 0.1) is 12.7 Å². The number of methoxy groups -OCH3 is 1. The molecule has 0 N–H and O–H groups in total. The smallest absolute Gasteiger partial charge is 0.394 e. The number of rotatable bonds is 2. The number of hydrogen-bond acceptors (Lipinski definition) is 4. The predicted molar refractivity (Wildman–Crippen MR) is 50.6 cm³/mol. The molecule has 0 aliphatic carbocycles. The van der Waals surface area contributed by atoms with Crippen LogP contribution >= 0.6 is 0 Å². The Kier molecular flexibility index (Phi) is 1.96. The quantitative estimate of drug-likeness (QED) is 0.681. The summed E-state index contributed by atoms with van der Waals surface area (Å²) in [6, 6.07) is 5.24. The molecule has 1 aromatic carbocycles. The summed E-state index contributed by atoms with van der Waals surface area (Å²) in [5.41, 5.74) is 1.64. The summed E-state index contributed by atoms with van der Waals surface area (Å²) < 4.78 is 10.1. The lowest BCUT2D eigenvalue weighted by Crippen LogP contribution is -1.91. The number of oxazole rings is 1. The molecule has 0 atom stereocenters. The molecule has 0 amide bonds. The monoisotopic (exact) mass is 191 g/mol. The van der Waals surface area contributed by atoms with E-state index in [4.69, 9.17) is 9.15 Å². The number of nitrogens with zero attached hydrogens (tertiary/aromatic N) is 1. The highest BCUT2D eigenvalue weighted by atomic mass is 16.6. The summed E-state index contributed by atoms with van der Waals surface area (Å²) in [5.74, 6) is -0.0468. The molecular weight excluding hydrogens is 182 g/mol. The molecule has 4 heteroatoms. The Labute approximate surface area is 80.5 Å². The van der Waals surface area contributed by atoms with E-state index in [0.29, 0.717) is 16.7 Å². The standard InChI is InChI=1S/C10H9NO3/c1-6(12)7-4-3-5-8-9(7)14-10(11-8)13-2/h3-5H,1-2H3. The lowest BCUT2D eigenvalue weighted by atomic mass is 10.1. The highest BCUT2D eigenvalue weighted by molar-refractivity contribution is 6.04. The minimum Gasteiger partial charge on any atom is -0.453 e. The first kappa shape index (κ1) is 8.74. The van der Waals surface area contributed by atoms with Gasteiger partial charge in [-0.3, -0.25) is 4.79 Å². The fourth-order valence-corrected chi connectivity index (χ4v) is 1.29. The second-order valence-corrected chi connectivity index (χ2v) is 2.89. The third-order valence-corrected chi connectivity index (χ3v) is 1.95. The van der Waals surface area contributed by atoms with Crippen molar-refractivity contribution in [3.8, 4) is 6.08 Å². The van der Waals surface area contributed by atoms with Gasteiger partial charge in [0.25, 0.3) is 0 Å². The molecule has 14 heavy (non-hydrogen) atoms. The average molecular weight is 191 g/mol. The maximum atomic E-state index is 11.2. The van der Waals surface area contributed by atoms with E-state index in [1.165, 1.54) is 14.0 Å². The number of aromatic nitrogens is 1. The molecule has 0 spiro atoms. The number of para-hydroxylation sites is 1. The van der Waals surface area contributed by atoms with Crippen LogP contribution in [0.5, 0.6) is 6.08 Å². The van der Waals surface area contributed by atoms with Crippen LogP contribution in [-0.4, -0.2) is 17.9 Å². The van der Waals surface area contributed by atoms with Crippen LogP contribution in [0.15, 0.2) is 22.6 Å². The van der Waals surface area contributed by atoms with E-state index in [0.717, 1.165) is 0 Å². The Morgan fingerprint density at radius 3 is 2.93 bits per heavy atom. The van der Waals surface area contributed by atoms with Crippen LogP contribution in [0.1, 0.15) is 17.3 Å². The highest BCUT2D eigenvalue weighted by Crippen LogP contribution is 2.23. The lowest BCUT2D eigenvalue weighted by Gasteiger charge is -1.93. The number of ketones is 1. The van der Waals surface area contributed by atoms with Crippen molar-refractivity contribution >= 4 is 16.9 Å². The molecule has 2 aromatic rings. The molecular formula is C10H9NO3. The molecule has 1 aromatic heterocycles. The highest BCUT2D eigenvalue weighted by Gasteiger charge is 2.12. The number of Topliss-reactive ketones (excluding diaryl/α,β-unsaturated/α-hetero) is 1. The summed E-state index contributed by atoms with van der Waals surface area (Å²) in [5, 5.41) is 0. The van der Waals surface area contributed by atoms with E-state index >= 15 is 0 Å². The summed E-state index contributed by atoms with van der Waals surface area (Å²) in [6.45, 7) is 1.49. The van der Waals surface area contributed by atoms with Gasteiger partial charge in [-0.2, -0.15) is 4.98 Å². The molecule has 0 aliphatic rings. The molecule has 2 rings (SSSR count). The van der Waals surface area contributed by atoms with Crippen molar-refractivity contribution in [2.45, 2.75) is 6.92 Å². The molecule has 0 fully saturated rings. The largest absolute Gasteiger partial charge is 0.453 e. The Morgan fingerprint density at radius 2 is 2.29 bits per heavy atom. The minimum atomic E-state index is -0.0468. The van der Waals surface area contributed by atoms with Crippen molar-refractivity contribution < 1.29 is 13.9 Å². The lowest BCUT2D eigenvalue weighted by molar-refractivity contribution is 0.101. The molecule has 0 aliphatic heterocycles. The van der Waals surface area contributed by atoms with Crippen LogP contribution in [0.25, 0.3) is 11.1 Å². The van der Waals surface area contributed by atoms with Gasteiger partial charge in [-0.05, 0) is 19.1 Å². The normalized spacial score (nSPS) is 10.4. The van der Waals surface area contributed by atoms with Crippen molar-refractivity contribution in [1.82, 2.24) is 4.98 Å². The topological polar surface area (TPSA) is 52.3 Å². The minimum absolute atomic E-state index is 0.0468. The molecule has 4 nitrogen and oxygen atoms in total. The van der Waals surface area contributed by atoms with E-state index in [-0.39, 0.29) is 11.9 Å². The van der Waals surface area contributed by atoms with E-state index in [1.807, 2.05) is 0 Å². The van der Waals surface area contributed by atoms with Gasteiger partial charge in [-0.15, -0.1) is 0 Å². The van der Waals surface area contributed by atoms with Crippen LogP contribution < -0.4 is 4.74 Å². The summed E-state index contributed by atoms with van der Waals surface area (Å²) in [6.07, 6.45) is 0.175. The maximum absolute atomic E-state index is 11.2. The third-order valence-electron chi connectivity index (χ3n) is 1.95. The fourth-order valence-electron chi connectivity index (χ4n) is 1.29. The number of fused-ring (bicyclic) bond motifs is 1. The SMILES string of the molecule is COc1nc2cccc(C(C)=O)c2o1. The van der Waals surface area contributed by atoms with Crippen LogP contribution in [0.4, 0.5) is 0 Å². The van der Waals surface area contributed by atoms with Crippen molar-refractivity contribution in [3.05, 3.63) is 23.8 Å². The van der Waals surface area contributed by atoms with Crippen LogP contribution in [0, 0.1) is 0 Å². The number of carbonyl (C=O) groups is 1. The summed E-state index contributed by atoms with van der Waals surface area (Å²) >= 11 is 0. The number of benzene rings is 1. The number of hydrogen-bond donors (Lipinski definition) is 0. The summed E-state index contributed by atoms with van der Waals surface area (Å²) in [4.78, 5) is 15.3. The molecule has 0 unspecified atom stereocenters. The number of carbonyl (C=O) groups excluding carboxylic acids is 1. The number of ether oxygens (including phenoxy) is 1. The van der Waals surface area contributed by atoms with Gasteiger partial charge in [0.15, 0.2) is 11.4 Å².